The van der Waals surface area contributed by atoms with Gasteiger partial charge in [0.2, 0.25) is 5.91 Å². The Kier molecular flexibility index (Phi) is 5.35. The van der Waals surface area contributed by atoms with Gasteiger partial charge in [-0.05, 0) is 30.2 Å². The van der Waals surface area contributed by atoms with Crippen LogP contribution in [0.5, 0.6) is 0 Å². The molecule has 1 aromatic carbocycles. The second-order valence-corrected chi connectivity index (χ2v) is 5.75. The van der Waals surface area contributed by atoms with Gasteiger partial charge < -0.3 is 14.9 Å². The number of hydrogen-bond donors (Lipinski definition) is 1. The lowest BCUT2D eigenvalue weighted by Gasteiger charge is -2.36. The second-order valence-electron chi connectivity index (χ2n) is 5.75. The summed E-state index contributed by atoms with van der Waals surface area (Å²) in [6.45, 7) is 4.39. The smallest absolute Gasteiger partial charge is 0.303 e. The Morgan fingerprint density at radius 2 is 1.73 bits per heavy atom. The summed E-state index contributed by atoms with van der Waals surface area (Å²) in [4.78, 5) is 26.7. The highest BCUT2D eigenvalue weighted by atomic mass is 19.1. The van der Waals surface area contributed by atoms with Crippen molar-refractivity contribution < 1.29 is 19.1 Å². The van der Waals surface area contributed by atoms with Crippen LogP contribution in [-0.2, 0) is 9.59 Å². The maximum absolute atomic E-state index is 12.9. The monoisotopic (exact) mass is 308 g/mol. The summed E-state index contributed by atoms with van der Waals surface area (Å²) in [6.07, 6.45) is 0.282. The average Bonchev–Trinajstić information content (AvgIpc) is 2.47. The highest BCUT2D eigenvalue weighted by Gasteiger charge is 2.23. The fourth-order valence-corrected chi connectivity index (χ4v) is 2.66. The van der Waals surface area contributed by atoms with E-state index in [0.717, 1.165) is 5.69 Å². The zero-order valence-corrected chi connectivity index (χ0v) is 12.7. The molecule has 1 heterocycles. The third-order valence-electron chi connectivity index (χ3n) is 3.87. The Labute approximate surface area is 129 Å². The molecule has 22 heavy (non-hydrogen) atoms. The molecule has 1 fully saturated rings. The van der Waals surface area contributed by atoms with Crippen molar-refractivity contribution in [3.63, 3.8) is 0 Å². The molecule has 0 saturated carbocycles. The zero-order chi connectivity index (χ0) is 16.1. The normalized spacial score (nSPS) is 16.5. The van der Waals surface area contributed by atoms with E-state index in [0.29, 0.717) is 26.2 Å². The summed E-state index contributed by atoms with van der Waals surface area (Å²) < 4.78 is 12.9. The molecule has 0 unspecified atom stereocenters. The minimum Gasteiger partial charge on any atom is -0.481 e. The molecule has 1 saturated heterocycles. The van der Waals surface area contributed by atoms with Crippen molar-refractivity contribution in [2.75, 3.05) is 31.1 Å². The summed E-state index contributed by atoms with van der Waals surface area (Å²) in [6, 6.07) is 6.34. The lowest BCUT2D eigenvalue weighted by Crippen LogP contribution is -2.49. The molecule has 0 aromatic heterocycles. The minimum absolute atomic E-state index is 0.00695. The summed E-state index contributed by atoms with van der Waals surface area (Å²) in [5.41, 5.74) is 0.952. The molecule has 2 rings (SSSR count). The molecule has 0 bridgehead atoms. The van der Waals surface area contributed by atoms with Crippen LogP contribution in [-0.4, -0.2) is 48.1 Å². The maximum atomic E-state index is 12.9. The molecule has 6 heteroatoms. The van der Waals surface area contributed by atoms with Crippen LogP contribution in [0.2, 0.25) is 0 Å². The number of carboxylic acid groups (broad SMARTS) is 1. The van der Waals surface area contributed by atoms with Crippen LogP contribution >= 0.6 is 0 Å². The molecule has 120 valence electrons. The van der Waals surface area contributed by atoms with Crippen LogP contribution in [0.4, 0.5) is 10.1 Å². The molecule has 1 aliphatic heterocycles. The van der Waals surface area contributed by atoms with E-state index in [1.54, 1.807) is 24.0 Å². The highest BCUT2D eigenvalue weighted by molar-refractivity contribution is 5.77. The number of anilines is 1. The number of aliphatic carboxylic acids is 1. The van der Waals surface area contributed by atoms with Crippen molar-refractivity contribution >= 4 is 17.6 Å². The first kappa shape index (κ1) is 16.3. The van der Waals surface area contributed by atoms with Gasteiger partial charge in [-0.2, -0.15) is 0 Å². The van der Waals surface area contributed by atoms with E-state index >= 15 is 0 Å². The highest BCUT2D eigenvalue weighted by Crippen LogP contribution is 2.18. The van der Waals surface area contributed by atoms with Crippen LogP contribution in [0.1, 0.15) is 19.8 Å². The first-order valence-electron chi connectivity index (χ1n) is 7.46. The minimum atomic E-state index is -0.874. The predicted octanol–water partition coefficient (Wildman–Crippen LogP) is 1.98. The van der Waals surface area contributed by atoms with Crippen LogP contribution in [0.25, 0.3) is 0 Å². The van der Waals surface area contributed by atoms with Crippen molar-refractivity contribution in [2.45, 2.75) is 19.8 Å². The second kappa shape index (κ2) is 7.24. The number of rotatable bonds is 5. The number of benzene rings is 1. The number of carbonyl (C=O) groups is 2. The first-order chi connectivity index (χ1) is 10.5. The van der Waals surface area contributed by atoms with Gasteiger partial charge in [0.15, 0.2) is 0 Å². The van der Waals surface area contributed by atoms with E-state index in [9.17, 15) is 14.0 Å². The largest absolute Gasteiger partial charge is 0.481 e. The van der Waals surface area contributed by atoms with E-state index < -0.39 is 5.97 Å². The lowest BCUT2D eigenvalue weighted by molar-refractivity contribution is -0.138. The van der Waals surface area contributed by atoms with Gasteiger partial charge in [-0.1, -0.05) is 6.92 Å². The number of halogens is 1. The van der Waals surface area contributed by atoms with Gasteiger partial charge >= 0.3 is 5.97 Å². The van der Waals surface area contributed by atoms with E-state index in [4.69, 9.17) is 5.11 Å². The van der Waals surface area contributed by atoms with Crippen LogP contribution < -0.4 is 4.90 Å². The third-order valence-corrected chi connectivity index (χ3v) is 3.87. The Hall–Kier alpha value is -2.11. The fraction of sp³-hybridized carbons (Fsp3) is 0.500. The van der Waals surface area contributed by atoms with Gasteiger partial charge in [-0.25, -0.2) is 4.39 Å². The number of carbonyl (C=O) groups excluding carboxylic acids is 1. The molecular weight excluding hydrogens is 287 g/mol. The molecule has 1 aromatic rings. The Bertz CT molecular complexity index is 525. The molecular formula is C16H21FN2O3. The number of amides is 1. The summed E-state index contributed by atoms with van der Waals surface area (Å²) in [5, 5.41) is 8.73. The van der Waals surface area contributed by atoms with Gasteiger partial charge in [0.05, 0.1) is 0 Å². The van der Waals surface area contributed by atoms with Gasteiger partial charge in [-0.3, -0.25) is 9.59 Å². The molecule has 0 radical (unpaired) electrons. The molecule has 1 atom stereocenters. The summed E-state index contributed by atoms with van der Waals surface area (Å²) in [7, 11) is 0. The van der Waals surface area contributed by atoms with Crippen molar-refractivity contribution in [3.8, 4) is 0 Å². The molecule has 1 N–H and O–H groups in total. The maximum Gasteiger partial charge on any atom is 0.303 e. The van der Waals surface area contributed by atoms with E-state index in [-0.39, 0.29) is 30.5 Å². The van der Waals surface area contributed by atoms with Crippen LogP contribution in [0.3, 0.4) is 0 Å². The van der Waals surface area contributed by atoms with E-state index in [2.05, 4.69) is 4.90 Å². The lowest BCUT2D eigenvalue weighted by atomic mass is 10.0. The van der Waals surface area contributed by atoms with E-state index in [1.165, 1.54) is 12.1 Å². The summed E-state index contributed by atoms with van der Waals surface area (Å²) in [5.74, 6) is -1.28. The van der Waals surface area contributed by atoms with Crippen molar-refractivity contribution in [2.24, 2.45) is 5.92 Å². The van der Waals surface area contributed by atoms with Crippen LogP contribution in [0, 0.1) is 11.7 Å². The number of hydrogen-bond acceptors (Lipinski definition) is 3. The number of carboxylic acids is 1. The predicted molar refractivity (Wildman–Crippen MR) is 81.2 cm³/mol. The molecule has 0 spiro atoms. The topological polar surface area (TPSA) is 60.9 Å². The first-order valence-corrected chi connectivity index (χ1v) is 7.46. The van der Waals surface area contributed by atoms with Crippen molar-refractivity contribution in [1.29, 1.82) is 0 Å². The Balaban J connectivity index is 1.82. The Morgan fingerprint density at radius 1 is 1.14 bits per heavy atom. The third kappa shape index (κ3) is 4.44. The van der Waals surface area contributed by atoms with Crippen molar-refractivity contribution in [1.82, 2.24) is 4.90 Å². The van der Waals surface area contributed by atoms with Gasteiger partial charge in [0.1, 0.15) is 5.82 Å². The molecule has 0 aliphatic carbocycles. The molecule has 1 aliphatic rings. The zero-order valence-electron chi connectivity index (χ0n) is 12.7. The van der Waals surface area contributed by atoms with Crippen LogP contribution in [0.15, 0.2) is 24.3 Å². The SMILES string of the molecule is C[C@@H](CC(=O)O)CC(=O)N1CCN(c2ccc(F)cc2)CC1. The standard InChI is InChI=1S/C16H21FN2O3/c1-12(11-16(21)22)10-15(20)19-8-6-18(7-9-19)14-4-2-13(17)3-5-14/h2-5,12H,6-11H2,1H3,(H,21,22)/t12-/m1/s1. The molecule has 1 amide bonds. The van der Waals surface area contributed by atoms with E-state index in [1.807, 2.05) is 0 Å². The van der Waals surface area contributed by atoms with Crippen molar-refractivity contribution in [3.05, 3.63) is 30.1 Å². The van der Waals surface area contributed by atoms with Gasteiger partial charge in [-0.15, -0.1) is 0 Å². The quantitative estimate of drug-likeness (QED) is 0.903. The average molecular weight is 308 g/mol. The van der Waals surface area contributed by atoms with Gasteiger partial charge in [0.25, 0.3) is 0 Å². The fourth-order valence-electron chi connectivity index (χ4n) is 2.66. The number of nitrogens with zero attached hydrogens (tertiary/aromatic N) is 2. The number of piperazine rings is 1. The van der Waals surface area contributed by atoms with Gasteiger partial charge in [0, 0.05) is 44.7 Å². The Morgan fingerprint density at radius 3 is 2.27 bits per heavy atom. The molecule has 5 nitrogen and oxygen atoms in total. The summed E-state index contributed by atoms with van der Waals surface area (Å²) >= 11 is 0.